The Morgan fingerprint density at radius 3 is 2.65 bits per heavy atom. The van der Waals surface area contributed by atoms with Gasteiger partial charge in [-0.3, -0.25) is 8.98 Å². The molecule has 6 nitrogen and oxygen atoms in total. The van der Waals surface area contributed by atoms with Gasteiger partial charge in [-0.05, 0) is 56.3 Å². The van der Waals surface area contributed by atoms with E-state index in [1.807, 2.05) is 0 Å². The van der Waals surface area contributed by atoms with Gasteiger partial charge in [-0.1, -0.05) is 18.6 Å². The normalized spacial score (nSPS) is 43.2. The van der Waals surface area contributed by atoms with Crippen LogP contribution < -0.4 is 0 Å². The van der Waals surface area contributed by atoms with Crippen molar-refractivity contribution in [1.29, 1.82) is 0 Å². The Hall–Kier alpha value is -0.753. The van der Waals surface area contributed by atoms with E-state index in [1.165, 1.54) is 5.57 Å². The molecule has 4 rings (SSSR count). The number of hydrogen-bond acceptors (Lipinski definition) is 6. The minimum Gasteiger partial charge on any atom is -0.424 e. The fourth-order valence-electron chi connectivity index (χ4n) is 7.11. The number of carbonyl (C=O) groups excluding carboxylic acids is 1. The standard InChI is InChI=1S/C20H29F3O6SSi/c1-18-11(8-12(24)9-17(18)29-31)2-3-13-14(18)6-7-19(15(13)4-5-16(19)25)10-28-30(26,27)20(21,22)23/h2,12-15,17,24H,3-10H2,1,31H3/t12-,13-,14+,15+,17?,18+,19-/m1/s1. The predicted octanol–water partition coefficient (Wildman–Crippen LogP) is 2.00. The minimum absolute atomic E-state index is 0.0423. The molecule has 1 N–H and O–H groups in total. The van der Waals surface area contributed by atoms with Crippen LogP contribution in [0.25, 0.3) is 0 Å². The molecule has 0 amide bonds. The van der Waals surface area contributed by atoms with Crippen LogP contribution in [0.3, 0.4) is 0 Å². The zero-order valence-corrected chi connectivity index (χ0v) is 20.5. The fourth-order valence-corrected chi connectivity index (χ4v) is 8.29. The lowest BCUT2D eigenvalue weighted by Gasteiger charge is -2.59. The molecule has 0 radical (unpaired) electrons. The van der Waals surface area contributed by atoms with Crippen LogP contribution in [0.15, 0.2) is 11.6 Å². The number of rotatable bonds is 4. The molecule has 31 heavy (non-hydrogen) atoms. The van der Waals surface area contributed by atoms with Crippen LogP contribution in [0.1, 0.15) is 51.9 Å². The third kappa shape index (κ3) is 3.46. The highest BCUT2D eigenvalue weighted by Gasteiger charge is 2.63. The molecule has 11 heteroatoms. The van der Waals surface area contributed by atoms with Gasteiger partial charge in [0.25, 0.3) is 0 Å². The van der Waals surface area contributed by atoms with E-state index in [2.05, 4.69) is 17.2 Å². The molecule has 0 bridgehead atoms. The first-order chi connectivity index (χ1) is 14.4. The van der Waals surface area contributed by atoms with Gasteiger partial charge in [0, 0.05) is 11.8 Å². The largest absolute Gasteiger partial charge is 0.523 e. The van der Waals surface area contributed by atoms with Gasteiger partial charge in [0.15, 0.2) is 0 Å². The van der Waals surface area contributed by atoms with E-state index < -0.39 is 33.8 Å². The highest BCUT2D eigenvalue weighted by atomic mass is 32.2. The van der Waals surface area contributed by atoms with E-state index in [4.69, 9.17) is 4.43 Å². The van der Waals surface area contributed by atoms with Gasteiger partial charge < -0.3 is 9.53 Å². The topological polar surface area (TPSA) is 89.9 Å². The third-order valence-electron chi connectivity index (χ3n) is 8.63. The van der Waals surface area contributed by atoms with E-state index in [0.29, 0.717) is 49.0 Å². The summed E-state index contributed by atoms with van der Waals surface area (Å²) in [5.41, 5.74) is -5.82. The highest BCUT2D eigenvalue weighted by molar-refractivity contribution is 7.87. The van der Waals surface area contributed by atoms with Crippen molar-refractivity contribution in [2.24, 2.45) is 28.6 Å². The summed E-state index contributed by atoms with van der Waals surface area (Å²) in [5, 5.41) is 10.3. The smallest absolute Gasteiger partial charge is 0.424 e. The van der Waals surface area contributed by atoms with Crippen LogP contribution in [0.4, 0.5) is 13.2 Å². The molecule has 176 valence electrons. The van der Waals surface area contributed by atoms with Crippen LogP contribution in [0, 0.1) is 28.6 Å². The average Bonchev–Trinajstić information content (AvgIpc) is 3.02. The second kappa shape index (κ2) is 7.65. The van der Waals surface area contributed by atoms with Crippen molar-refractivity contribution in [2.75, 3.05) is 6.61 Å². The maximum atomic E-state index is 12.9. The predicted molar refractivity (Wildman–Crippen MR) is 108 cm³/mol. The molecule has 0 aromatic rings. The Morgan fingerprint density at radius 1 is 1.29 bits per heavy atom. The summed E-state index contributed by atoms with van der Waals surface area (Å²) in [5.74, 6) is -0.204. The summed E-state index contributed by atoms with van der Waals surface area (Å²) in [4.78, 5) is 12.9. The number of carbonyl (C=O) groups is 1. The Morgan fingerprint density at radius 2 is 2.00 bits per heavy atom. The van der Waals surface area contributed by atoms with Crippen molar-refractivity contribution in [3.63, 3.8) is 0 Å². The molecule has 3 saturated carbocycles. The molecule has 4 aliphatic carbocycles. The van der Waals surface area contributed by atoms with E-state index >= 15 is 0 Å². The van der Waals surface area contributed by atoms with Gasteiger partial charge in [0.1, 0.15) is 16.3 Å². The number of alkyl halides is 3. The molecule has 0 aliphatic heterocycles. The van der Waals surface area contributed by atoms with Gasteiger partial charge >= 0.3 is 15.6 Å². The number of fused-ring (bicyclic) bond motifs is 5. The molecule has 0 aromatic carbocycles. The molecule has 0 heterocycles. The molecular formula is C20H29F3O6SSi. The number of ketones is 1. The third-order valence-corrected chi connectivity index (χ3v) is 10.2. The summed E-state index contributed by atoms with van der Waals surface area (Å²) in [6.45, 7) is 1.41. The summed E-state index contributed by atoms with van der Waals surface area (Å²) >= 11 is 0. The molecule has 0 saturated heterocycles. The van der Waals surface area contributed by atoms with Crippen molar-refractivity contribution in [3.05, 3.63) is 11.6 Å². The van der Waals surface area contributed by atoms with Gasteiger partial charge in [-0.15, -0.1) is 0 Å². The summed E-state index contributed by atoms with van der Waals surface area (Å²) in [7, 11) is -5.23. The molecule has 0 spiro atoms. The summed E-state index contributed by atoms with van der Waals surface area (Å²) < 4.78 is 71.8. The Balaban J connectivity index is 1.65. The van der Waals surface area contributed by atoms with Crippen LogP contribution in [-0.2, 0) is 23.5 Å². The Labute approximate surface area is 183 Å². The monoisotopic (exact) mass is 482 g/mol. The molecule has 1 unspecified atom stereocenters. The summed E-state index contributed by atoms with van der Waals surface area (Å²) in [6.07, 6.45) is 4.99. The van der Waals surface area contributed by atoms with Crippen molar-refractivity contribution in [1.82, 2.24) is 0 Å². The number of Topliss-reactive ketones (excluding diaryl/α,β-unsaturated/α-hetero) is 1. The number of hydrogen-bond donors (Lipinski definition) is 1. The van der Waals surface area contributed by atoms with Crippen LogP contribution in [-0.4, -0.2) is 54.1 Å². The second-order valence-electron chi connectivity index (χ2n) is 9.76. The molecular weight excluding hydrogens is 453 g/mol. The van der Waals surface area contributed by atoms with E-state index in [9.17, 15) is 31.5 Å². The first kappa shape index (κ1) is 23.4. The minimum atomic E-state index is -5.75. The van der Waals surface area contributed by atoms with Crippen LogP contribution in [0.5, 0.6) is 0 Å². The number of aliphatic hydroxyl groups is 1. The maximum absolute atomic E-state index is 12.9. The quantitative estimate of drug-likeness (QED) is 0.285. The average molecular weight is 483 g/mol. The van der Waals surface area contributed by atoms with Gasteiger partial charge in [-0.2, -0.15) is 21.6 Å². The lowest BCUT2D eigenvalue weighted by atomic mass is 9.47. The summed E-state index contributed by atoms with van der Waals surface area (Å²) in [6, 6.07) is 0. The zero-order chi connectivity index (χ0) is 22.8. The first-order valence-electron chi connectivity index (χ1n) is 10.8. The van der Waals surface area contributed by atoms with E-state index in [-0.39, 0.29) is 41.5 Å². The Bertz CT molecular complexity index is 890. The molecule has 0 aromatic heterocycles. The van der Waals surface area contributed by atoms with Crippen molar-refractivity contribution in [2.45, 2.75) is 69.6 Å². The molecule has 4 aliphatic rings. The number of aliphatic hydroxyl groups excluding tert-OH is 1. The first-order valence-corrected chi connectivity index (χ1v) is 13.0. The number of allylic oxidation sites excluding steroid dienone is 1. The number of halogens is 3. The SMILES string of the molecule is C[C@]12C(=CC[C@H]3[C@@H]4CCC(=O)[C@@]4(COS(=O)(=O)C(F)(F)F)CC[C@@H]31)C[C@@H](O)CC2O[SiH3]. The second-order valence-corrected chi connectivity index (χ2v) is 11.8. The molecule has 7 atom stereocenters. The van der Waals surface area contributed by atoms with Crippen LogP contribution >= 0.6 is 0 Å². The van der Waals surface area contributed by atoms with Crippen LogP contribution in [0.2, 0.25) is 0 Å². The van der Waals surface area contributed by atoms with Crippen molar-refractivity contribution >= 4 is 26.4 Å². The lowest BCUT2D eigenvalue weighted by Crippen LogP contribution is -2.57. The van der Waals surface area contributed by atoms with Gasteiger partial charge in [-0.25, -0.2) is 0 Å². The molecule has 3 fully saturated rings. The maximum Gasteiger partial charge on any atom is 0.523 e. The van der Waals surface area contributed by atoms with Crippen molar-refractivity contribution in [3.8, 4) is 0 Å². The van der Waals surface area contributed by atoms with E-state index in [0.717, 1.165) is 0 Å². The highest BCUT2D eigenvalue weighted by Crippen LogP contribution is 2.64. The zero-order valence-electron chi connectivity index (χ0n) is 17.7. The Kier molecular flexibility index (Phi) is 5.77. The van der Waals surface area contributed by atoms with Gasteiger partial charge in [0.2, 0.25) is 0 Å². The van der Waals surface area contributed by atoms with Gasteiger partial charge in [0.05, 0.1) is 24.2 Å². The fraction of sp³-hybridized carbons (Fsp3) is 0.850. The van der Waals surface area contributed by atoms with E-state index in [1.54, 1.807) is 0 Å². The van der Waals surface area contributed by atoms with Crippen molar-refractivity contribution < 1.29 is 40.1 Å². The lowest BCUT2D eigenvalue weighted by molar-refractivity contribution is -0.140.